The van der Waals surface area contributed by atoms with Crippen molar-refractivity contribution in [2.24, 2.45) is 0 Å². The van der Waals surface area contributed by atoms with E-state index in [0.717, 1.165) is 5.56 Å². The van der Waals surface area contributed by atoms with Crippen LogP contribution in [0.5, 0.6) is 0 Å². The molecule has 0 radical (unpaired) electrons. The molecule has 96 valence electrons. The highest BCUT2D eigenvalue weighted by Gasteiger charge is 2.23. The van der Waals surface area contributed by atoms with Crippen molar-refractivity contribution in [3.63, 3.8) is 0 Å². The maximum Gasteiger partial charge on any atom is 0.215 e. The largest absolute Gasteiger partial charge is 0.215 e. The lowest BCUT2D eigenvalue weighted by Gasteiger charge is -2.24. The zero-order valence-corrected chi connectivity index (χ0v) is 11.3. The van der Waals surface area contributed by atoms with E-state index in [-0.39, 0.29) is 23.5 Å². The molecule has 0 spiro atoms. The molecule has 1 unspecified atom stereocenters. The maximum absolute atomic E-state index is 12.8. The number of nitrogens with zero attached hydrogens (tertiary/aromatic N) is 1. The minimum atomic E-state index is -3.36. The third-order valence-electron chi connectivity index (χ3n) is 2.67. The van der Waals surface area contributed by atoms with Crippen molar-refractivity contribution < 1.29 is 12.8 Å². The number of benzene rings is 1. The Kier molecular flexibility index (Phi) is 4.91. The topological polar surface area (TPSA) is 37.4 Å². The van der Waals surface area contributed by atoms with Gasteiger partial charge in [-0.05, 0) is 24.6 Å². The smallest absolute Gasteiger partial charge is 0.212 e. The normalized spacial score (nSPS) is 13.9. The average molecular weight is 280 g/mol. The molecule has 1 aromatic carbocycles. The Bertz CT molecular complexity index is 461. The highest BCUT2D eigenvalue weighted by atomic mass is 35.5. The van der Waals surface area contributed by atoms with E-state index in [9.17, 15) is 12.8 Å². The molecule has 0 amide bonds. The van der Waals surface area contributed by atoms with Gasteiger partial charge in [-0.1, -0.05) is 12.1 Å². The first kappa shape index (κ1) is 14.4. The van der Waals surface area contributed by atoms with Crippen LogP contribution in [0, 0.1) is 5.82 Å². The minimum Gasteiger partial charge on any atom is -0.212 e. The van der Waals surface area contributed by atoms with E-state index >= 15 is 0 Å². The molecule has 3 nitrogen and oxygen atoms in total. The summed E-state index contributed by atoms with van der Waals surface area (Å²) < 4.78 is 37.6. The van der Waals surface area contributed by atoms with Gasteiger partial charge >= 0.3 is 0 Å². The molecule has 0 aliphatic rings. The van der Waals surface area contributed by atoms with Gasteiger partial charge in [-0.15, -0.1) is 11.6 Å². The van der Waals surface area contributed by atoms with Gasteiger partial charge in [0.05, 0.1) is 5.75 Å². The minimum absolute atomic E-state index is 0.0583. The molecule has 17 heavy (non-hydrogen) atoms. The Morgan fingerprint density at radius 3 is 2.35 bits per heavy atom. The quantitative estimate of drug-likeness (QED) is 0.776. The first-order chi connectivity index (χ1) is 7.88. The second-order valence-corrected chi connectivity index (χ2v) is 6.27. The molecule has 0 bridgehead atoms. The Morgan fingerprint density at radius 2 is 1.88 bits per heavy atom. The van der Waals surface area contributed by atoms with Gasteiger partial charge in [0.25, 0.3) is 0 Å². The average Bonchev–Trinajstić information content (AvgIpc) is 2.28. The summed E-state index contributed by atoms with van der Waals surface area (Å²) >= 11 is 5.45. The summed E-state index contributed by atoms with van der Waals surface area (Å²) in [6.45, 7) is 1.75. The van der Waals surface area contributed by atoms with Crippen LogP contribution in [0.1, 0.15) is 18.5 Å². The summed E-state index contributed by atoms with van der Waals surface area (Å²) in [4.78, 5) is 0. The fraction of sp³-hybridized carbons (Fsp3) is 0.455. The van der Waals surface area contributed by atoms with E-state index in [1.807, 2.05) is 0 Å². The molecule has 0 saturated carbocycles. The van der Waals surface area contributed by atoms with Crippen molar-refractivity contribution in [1.29, 1.82) is 0 Å². The Labute approximate surface area is 106 Å². The fourth-order valence-corrected chi connectivity index (χ4v) is 3.11. The van der Waals surface area contributed by atoms with E-state index in [1.54, 1.807) is 19.1 Å². The zero-order valence-electron chi connectivity index (χ0n) is 9.73. The van der Waals surface area contributed by atoms with Crippen LogP contribution < -0.4 is 0 Å². The molecule has 1 aromatic rings. The lowest BCUT2D eigenvalue weighted by Crippen LogP contribution is -2.32. The van der Waals surface area contributed by atoms with Crippen molar-refractivity contribution in [1.82, 2.24) is 4.31 Å². The van der Waals surface area contributed by atoms with Crippen LogP contribution in [0.25, 0.3) is 0 Å². The summed E-state index contributed by atoms with van der Waals surface area (Å²) in [6.07, 6.45) is 0. The van der Waals surface area contributed by atoms with E-state index in [1.165, 1.54) is 23.5 Å². The second-order valence-electron chi connectivity index (χ2n) is 3.75. The van der Waals surface area contributed by atoms with Crippen LogP contribution in [0.3, 0.4) is 0 Å². The van der Waals surface area contributed by atoms with Gasteiger partial charge in [-0.25, -0.2) is 12.8 Å². The van der Waals surface area contributed by atoms with Crippen molar-refractivity contribution in [3.8, 4) is 0 Å². The molecule has 0 N–H and O–H groups in total. The lowest BCUT2D eigenvalue weighted by atomic mass is 10.1. The number of rotatable bonds is 5. The van der Waals surface area contributed by atoms with Crippen molar-refractivity contribution in [3.05, 3.63) is 35.6 Å². The molecule has 0 heterocycles. The van der Waals surface area contributed by atoms with E-state index in [0.29, 0.717) is 0 Å². The van der Waals surface area contributed by atoms with Gasteiger partial charge < -0.3 is 0 Å². The number of hydrogen-bond acceptors (Lipinski definition) is 2. The molecular formula is C11H15ClFNO2S. The maximum atomic E-state index is 12.8. The number of sulfonamides is 1. The van der Waals surface area contributed by atoms with Crippen molar-refractivity contribution >= 4 is 21.6 Å². The Balaban J connectivity index is 2.90. The molecule has 6 heteroatoms. The number of hydrogen-bond donors (Lipinski definition) is 0. The summed E-state index contributed by atoms with van der Waals surface area (Å²) in [5.74, 6) is -0.383. The summed E-state index contributed by atoms with van der Waals surface area (Å²) in [6, 6.07) is 5.44. The van der Waals surface area contributed by atoms with Crippen LogP contribution in [-0.4, -0.2) is 31.4 Å². The molecule has 1 rings (SSSR count). The van der Waals surface area contributed by atoms with Crippen LogP contribution in [0.15, 0.2) is 24.3 Å². The molecule has 0 fully saturated rings. The van der Waals surface area contributed by atoms with Crippen LogP contribution in [-0.2, 0) is 10.0 Å². The van der Waals surface area contributed by atoms with E-state index in [2.05, 4.69) is 0 Å². The van der Waals surface area contributed by atoms with Crippen molar-refractivity contribution in [2.75, 3.05) is 18.7 Å². The zero-order chi connectivity index (χ0) is 13.1. The van der Waals surface area contributed by atoms with Gasteiger partial charge in [0.15, 0.2) is 0 Å². The third-order valence-corrected chi connectivity index (χ3v) is 5.00. The fourth-order valence-electron chi connectivity index (χ4n) is 1.43. The molecule has 0 aliphatic carbocycles. The predicted octanol–water partition coefficient (Wildman–Crippen LogP) is 2.39. The summed E-state index contributed by atoms with van der Waals surface area (Å²) in [7, 11) is -1.86. The first-order valence-corrected chi connectivity index (χ1v) is 7.30. The van der Waals surface area contributed by atoms with Gasteiger partial charge in [0, 0.05) is 19.0 Å². The van der Waals surface area contributed by atoms with Gasteiger partial charge in [0.1, 0.15) is 5.82 Å². The Morgan fingerprint density at radius 1 is 1.35 bits per heavy atom. The molecule has 1 atom stereocenters. The van der Waals surface area contributed by atoms with Gasteiger partial charge in [-0.3, -0.25) is 0 Å². The third kappa shape index (κ3) is 3.66. The van der Waals surface area contributed by atoms with Crippen LogP contribution in [0.4, 0.5) is 4.39 Å². The summed E-state index contributed by atoms with van der Waals surface area (Å²) in [5.41, 5.74) is 0.743. The lowest BCUT2D eigenvalue weighted by molar-refractivity contribution is 0.399. The number of alkyl halides is 1. The van der Waals surface area contributed by atoms with Crippen LogP contribution >= 0.6 is 11.6 Å². The highest BCUT2D eigenvalue weighted by Crippen LogP contribution is 2.21. The van der Waals surface area contributed by atoms with Gasteiger partial charge in [-0.2, -0.15) is 4.31 Å². The molecule has 0 saturated heterocycles. The SMILES string of the molecule is CC(c1ccc(F)cc1)N(C)S(=O)(=O)CCCl. The second kappa shape index (κ2) is 5.80. The molecular weight excluding hydrogens is 265 g/mol. The van der Waals surface area contributed by atoms with E-state index < -0.39 is 10.0 Å². The Hall–Kier alpha value is -0.650. The summed E-state index contributed by atoms with van der Waals surface area (Å²) in [5, 5.41) is 0. The molecule has 0 aromatic heterocycles. The van der Waals surface area contributed by atoms with Gasteiger partial charge in [0.2, 0.25) is 10.0 Å². The highest BCUT2D eigenvalue weighted by molar-refractivity contribution is 7.89. The van der Waals surface area contributed by atoms with E-state index in [4.69, 9.17) is 11.6 Å². The monoisotopic (exact) mass is 279 g/mol. The van der Waals surface area contributed by atoms with Crippen molar-refractivity contribution in [2.45, 2.75) is 13.0 Å². The predicted molar refractivity (Wildman–Crippen MR) is 67.1 cm³/mol. The first-order valence-electron chi connectivity index (χ1n) is 5.15. The standard InChI is InChI=1S/C11H15ClFNO2S/c1-9(10-3-5-11(13)6-4-10)14(2)17(15,16)8-7-12/h3-6,9H,7-8H2,1-2H3. The molecule has 0 aliphatic heterocycles. The number of halogens is 2. The van der Waals surface area contributed by atoms with Crippen LogP contribution in [0.2, 0.25) is 0 Å².